The lowest BCUT2D eigenvalue weighted by Gasteiger charge is -2.17. The van der Waals surface area contributed by atoms with Gasteiger partial charge in [0.1, 0.15) is 0 Å². The Balaban J connectivity index is 2.28. The normalized spacial score (nSPS) is 19.7. The van der Waals surface area contributed by atoms with E-state index < -0.39 is 6.10 Å². The minimum Gasteiger partial charge on any atom is -0.391 e. The lowest BCUT2D eigenvalue weighted by Crippen LogP contribution is -2.18. The van der Waals surface area contributed by atoms with Crippen LogP contribution < -0.4 is 0 Å². The lowest BCUT2D eigenvalue weighted by atomic mass is 10.0. The summed E-state index contributed by atoms with van der Waals surface area (Å²) < 4.78 is 2.04. The van der Waals surface area contributed by atoms with Gasteiger partial charge in [-0.1, -0.05) is 24.3 Å². The van der Waals surface area contributed by atoms with Gasteiger partial charge in [-0.3, -0.25) is 0 Å². The number of hydrogen-bond acceptors (Lipinski definition) is 2. The van der Waals surface area contributed by atoms with Crippen LogP contribution in [0, 0.1) is 0 Å². The van der Waals surface area contributed by atoms with Crippen molar-refractivity contribution in [2.24, 2.45) is 0 Å². The topological polar surface area (TPSA) is 38.1 Å². The summed E-state index contributed by atoms with van der Waals surface area (Å²) in [5, 5.41) is 9.82. The van der Waals surface area contributed by atoms with Crippen molar-refractivity contribution in [3.8, 4) is 11.3 Å². The molecule has 0 aliphatic carbocycles. The van der Waals surface area contributed by atoms with Gasteiger partial charge >= 0.3 is 0 Å². The van der Waals surface area contributed by atoms with Crippen LogP contribution in [0.1, 0.15) is 18.5 Å². The van der Waals surface area contributed by atoms with Gasteiger partial charge < -0.3 is 9.67 Å². The molecule has 3 nitrogen and oxygen atoms in total. The van der Waals surface area contributed by atoms with Gasteiger partial charge in [0.2, 0.25) is 0 Å². The fraction of sp³-hybridized carbons (Fsp3) is 0.250. The Morgan fingerprint density at radius 3 is 3.00 bits per heavy atom. The molecule has 0 saturated carbocycles. The third kappa shape index (κ3) is 1.07. The summed E-state index contributed by atoms with van der Waals surface area (Å²) in [6, 6.07) is 8.18. The highest BCUT2D eigenvalue weighted by molar-refractivity contribution is 5.69. The third-order valence-corrected chi connectivity index (χ3v) is 2.98. The fourth-order valence-corrected chi connectivity index (χ4v) is 2.37. The molecule has 0 saturated heterocycles. The molecule has 2 atom stereocenters. The Kier molecular flexibility index (Phi) is 1.70. The quantitative estimate of drug-likeness (QED) is 0.762. The van der Waals surface area contributed by atoms with Crippen LogP contribution in [0.2, 0.25) is 0 Å². The predicted molar refractivity (Wildman–Crippen MR) is 57.5 cm³/mol. The minimum absolute atomic E-state index is 0.0127. The highest BCUT2D eigenvalue weighted by Crippen LogP contribution is 2.40. The maximum absolute atomic E-state index is 9.82. The number of aliphatic hydroxyl groups is 1. The first-order valence-corrected chi connectivity index (χ1v) is 5.08. The molecule has 1 aromatic heterocycles. The largest absolute Gasteiger partial charge is 0.391 e. The fourth-order valence-electron chi connectivity index (χ4n) is 2.37. The molecule has 76 valence electrons. The van der Waals surface area contributed by atoms with Gasteiger partial charge in [-0.25, -0.2) is 4.98 Å². The van der Waals surface area contributed by atoms with Gasteiger partial charge in [0.25, 0.3) is 0 Å². The van der Waals surface area contributed by atoms with E-state index in [0.29, 0.717) is 0 Å². The van der Waals surface area contributed by atoms with E-state index in [9.17, 15) is 5.11 Å². The Labute approximate surface area is 88.0 Å². The summed E-state index contributed by atoms with van der Waals surface area (Å²) in [6.07, 6.45) is 3.23. The van der Waals surface area contributed by atoms with Crippen LogP contribution in [0.15, 0.2) is 36.8 Å². The Bertz CT molecular complexity index is 502. The van der Waals surface area contributed by atoms with E-state index in [1.54, 1.807) is 6.33 Å². The van der Waals surface area contributed by atoms with Crippen molar-refractivity contribution >= 4 is 0 Å². The summed E-state index contributed by atoms with van der Waals surface area (Å²) in [6.45, 7) is 1.82. The smallest absolute Gasteiger partial charge is 0.0957 e. The Morgan fingerprint density at radius 1 is 1.40 bits per heavy atom. The second-order valence-corrected chi connectivity index (χ2v) is 3.96. The van der Waals surface area contributed by atoms with Gasteiger partial charge in [-0.15, -0.1) is 0 Å². The zero-order valence-electron chi connectivity index (χ0n) is 8.46. The van der Waals surface area contributed by atoms with Crippen molar-refractivity contribution in [1.29, 1.82) is 0 Å². The second-order valence-electron chi connectivity index (χ2n) is 3.96. The van der Waals surface area contributed by atoms with Crippen LogP contribution in [-0.2, 0) is 0 Å². The van der Waals surface area contributed by atoms with Crippen molar-refractivity contribution < 1.29 is 5.11 Å². The van der Waals surface area contributed by atoms with Crippen molar-refractivity contribution in [1.82, 2.24) is 9.55 Å². The molecule has 0 radical (unpaired) electrons. The maximum atomic E-state index is 9.82. The summed E-state index contributed by atoms with van der Waals surface area (Å²) >= 11 is 0. The van der Waals surface area contributed by atoms with E-state index in [1.165, 1.54) is 11.1 Å². The molecule has 0 amide bonds. The first-order valence-electron chi connectivity index (χ1n) is 5.08. The molecule has 0 spiro atoms. The molecule has 2 aromatic rings. The van der Waals surface area contributed by atoms with Gasteiger partial charge in [-0.05, 0) is 12.5 Å². The zero-order valence-corrected chi connectivity index (χ0v) is 8.46. The summed E-state index contributed by atoms with van der Waals surface area (Å²) in [5.74, 6) is 0. The third-order valence-electron chi connectivity index (χ3n) is 2.98. The standard InChI is InChI=1S/C12H12N2O/c1-8(15)12-10-5-3-2-4-9(10)11-6-13-7-14(11)12/h2-8,12,15H,1H3/t8?,12-/m0/s1. The van der Waals surface area contributed by atoms with Crippen molar-refractivity contribution in [2.45, 2.75) is 19.1 Å². The zero-order chi connectivity index (χ0) is 10.4. The number of nitrogens with zero attached hydrogens (tertiary/aromatic N) is 2. The van der Waals surface area contributed by atoms with Crippen molar-refractivity contribution in [2.75, 3.05) is 0 Å². The second kappa shape index (κ2) is 2.94. The molecule has 0 bridgehead atoms. The van der Waals surface area contributed by atoms with E-state index in [4.69, 9.17) is 0 Å². The molecule has 1 aliphatic rings. The number of fused-ring (bicyclic) bond motifs is 3. The molecule has 15 heavy (non-hydrogen) atoms. The van der Waals surface area contributed by atoms with Crippen LogP contribution in [0.3, 0.4) is 0 Å². The molecular weight excluding hydrogens is 188 g/mol. The van der Waals surface area contributed by atoms with E-state index in [2.05, 4.69) is 17.1 Å². The molecule has 0 fully saturated rings. The first-order chi connectivity index (χ1) is 7.29. The Morgan fingerprint density at radius 2 is 2.20 bits per heavy atom. The lowest BCUT2D eigenvalue weighted by molar-refractivity contribution is 0.152. The van der Waals surface area contributed by atoms with Gasteiger partial charge in [0.05, 0.1) is 30.4 Å². The van der Waals surface area contributed by atoms with E-state index >= 15 is 0 Å². The molecule has 2 heterocycles. The number of benzene rings is 1. The Hall–Kier alpha value is -1.61. The molecule has 3 rings (SSSR count). The van der Waals surface area contributed by atoms with Crippen LogP contribution in [-0.4, -0.2) is 20.8 Å². The highest BCUT2D eigenvalue weighted by Gasteiger charge is 2.30. The molecule has 1 aromatic carbocycles. The number of aliphatic hydroxyl groups excluding tert-OH is 1. The number of rotatable bonds is 1. The van der Waals surface area contributed by atoms with Crippen LogP contribution in [0.4, 0.5) is 0 Å². The van der Waals surface area contributed by atoms with E-state index in [-0.39, 0.29) is 6.04 Å². The maximum Gasteiger partial charge on any atom is 0.0957 e. The molecular formula is C12H12N2O. The number of aromatic nitrogens is 2. The monoisotopic (exact) mass is 200 g/mol. The summed E-state index contributed by atoms with van der Waals surface area (Å²) in [5.41, 5.74) is 3.46. The predicted octanol–water partition coefficient (Wildman–Crippen LogP) is 1.83. The van der Waals surface area contributed by atoms with E-state index in [1.807, 2.05) is 29.8 Å². The molecule has 3 heteroatoms. The van der Waals surface area contributed by atoms with Crippen molar-refractivity contribution in [3.05, 3.63) is 42.4 Å². The first kappa shape index (κ1) is 8.68. The molecule has 1 unspecified atom stereocenters. The van der Waals surface area contributed by atoms with Crippen LogP contribution in [0.25, 0.3) is 11.3 Å². The summed E-state index contributed by atoms with van der Waals surface area (Å²) in [4.78, 5) is 4.13. The van der Waals surface area contributed by atoms with Gasteiger partial charge in [0, 0.05) is 5.56 Å². The summed E-state index contributed by atoms with van der Waals surface area (Å²) in [7, 11) is 0. The molecule has 1 N–H and O–H groups in total. The van der Waals surface area contributed by atoms with Crippen molar-refractivity contribution in [3.63, 3.8) is 0 Å². The number of hydrogen-bond donors (Lipinski definition) is 1. The van der Waals surface area contributed by atoms with Gasteiger partial charge in [-0.2, -0.15) is 0 Å². The average molecular weight is 200 g/mol. The van der Waals surface area contributed by atoms with E-state index in [0.717, 1.165) is 5.69 Å². The SMILES string of the molecule is CC(O)[C@H]1c2ccccc2-c2cncn21. The number of imidazole rings is 1. The van der Waals surface area contributed by atoms with Crippen LogP contribution in [0.5, 0.6) is 0 Å². The van der Waals surface area contributed by atoms with Gasteiger partial charge in [0.15, 0.2) is 0 Å². The van der Waals surface area contributed by atoms with Crippen LogP contribution >= 0.6 is 0 Å². The highest BCUT2D eigenvalue weighted by atomic mass is 16.3. The molecule has 1 aliphatic heterocycles. The average Bonchev–Trinajstić information content (AvgIpc) is 2.75. The minimum atomic E-state index is -0.401.